The first-order valence-electron chi connectivity index (χ1n) is 19.0. The molecule has 2 N–H and O–H groups in total. The fourth-order valence-electron chi connectivity index (χ4n) is 5.83. The Labute approximate surface area is 338 Å². The summed E-state index contributed by atoms with van der Waals surface area (Å²) in [6, 6.07) is 3.90. The van der Waals surface area contributed by atoms with Crippen molar-refractivity contribution in [2.45, 2.75) is 92.3 Å². The number of aliphatic hydroxyl groups excluding tert-OH is 2. The lowest BCUT2D eigenvalue weighted by Gasteiger charge is -2.10. The SMILES string of the molecule is CCCCBr.CCCCn1c(Oc2cncc(C)c2)nc2c1c(=O)n(CCCO)c(=O)n2C.Cc1cncc(OC2=Nc3c(c(=O)n(CCCO)c(=O)n3C)C2)c1. The van der Waals surface area contributed by atoms with Crippen molar-refractivity contribution in [1.29, 1.82) is 0 Å². The molecule has 0 spiro atoms. The van der Waals surface area contributed by atoms with Crippen LogP contribution in [-0.2, 0) is 40.2 Å². The summed E-state index contributed by atoms with van der Waals surface area (Å²) in [6.45, 7) is 8.71. The molecule has 6 rings (SSSR count). The van der Waals surface area contributed by atoms with Crippen LogP contribution in [-0.4, -0.2) is 72.4 Å². The van der Waals surface area contributed by atoms with Crippen LogP contribution in [0.5, 0.6) is 17.5 Å². The van der Waals surface area contributed by atoms with Crippen molar-refractivity contribution in [3.63, 3.8) is 0 Å². The van der Waals surface area contributed by atoms with Crippen molar-refractivity contribution in [3.8, 4) is 17.5 Å². The number of aromatic nitrogens is 8. The molecule has 0 fully saturated rings. The van der Waals surface area contributed by atoms with E-state index in [2.05, 4.69) is 49.7 Å². The van der Waals surface area contributed by atoms with Crippen molar-refractivity contribution in [2.24, 2.45) is 19.1 Å². The van der Waals surface area contributed by atoms with E-state index in [1.807, 2.05) is 26.0 Å². The number of hydrogen-bond acceptors (Lipinski definition) is 12. The second-order valence-corrected chi connectivity index (χ2v) is 14.2. The summed E-state index contributed by atoms with van der Waals surface area (Å²) < 4.78 is 18.3. The lowest BCUT2D eigenvalue weighted by molar-refractivity contribution is 0.277. The molecule has 17 nitrogen and oxygen atoms in total. The summed E-state index contributed by atoms with van der Waals surface area (Å²) in [4.78, 5) is 67.3. The number of ether oxygens (including phenoxy) is 2. The van der Waals surface area contributed by atoms with E-state index in [0.717, 1.165) is 38.4 Å². The average Bonchev–Trinajstić information content (AvgIpc) is 3.78. The van der Waals surface area contributed by atoms with E-state index >= 15 is 0 Å². The zero-order valence-corrected chi connectivity index (χ0v) is 35.0. The lowest BCUT2D eigenvalue weighted by atomic mass is 10.2. The molecular formula is C39H52BrN9O8. The van der Waals surface area contributed by atoms with Crippen LogP contribution in [0.25, 0.3) is 11.2 Å². The lowest BCUT2D eigenvalue weighted by Crippen LogP contribution is -2.40. The largest absolute Gasteiger partial charge is 0.441 e. The number of fused-ring (bicyclic) bond motifs is 2. The predicted molar refractivity (Wildman–Crippen MR) is 222 cm³/mol. The monoisotopic (exact) mass is 853 g/mol. The molecule has 0 unspecified atom stereocenters. The molecule has 0 saturated carbocycles. The first kappa shape index (κ1) is 44.5. The van der Waals surface area contributed by atoms with Crippen molar-refractivity contribution in [1.82, 2.24) is 37.8 Å². The van der Waals surface area contributed by atoms with Gasteiger partial charge in [-0.3, -0.25) is 42.4 Å². The molecule has 308 valence electrons. The van der Waals surface area contributed by atoms with E-state index in [-0.39, 0.29) is 49.9 Å². The van der Waals surface area contributed by atoms with Gasteiger partial charge < -0.3 is 19.7 Å². The number of aliphatic imine (C=N–C) groups is 1. The Kier molecular flexibility index (Phi) is 16.7. The fourth-order valence-corrected chi connectivity index (χ4v) is 6.39. The van der Waals surface area contributed by atoms with Crippen molar-refractivity contribution in [2.75, 3.05) is 18.5 Å². The Balaban J connectivity index is 0.000000228. The highest BCUT2D eigenvalue weighted by atomic mass is 79.9. The van der Waals surface area contributed by atoms with Gasteiger partial charge in [0.15, 0.2) is 11.2 Å². The molecule has 0 radical (unpaired) electrons. The van der Waals surface area contributed by atoms with Crippen molar-refractivity contribution >= 4 is 38.8 Å². The molecule has 6 heterocycles. The van der Waals surface area contributed by atoms with Gasteiger partial charge in [0, 0.05) is 64.7 Å². The number of nitrogens with zero attached hydrogens (tertiary/aromatic N) is 9. The standard InChI is InChI=1S/C19H25N5O4.C16H18N4O4.C4H9Br/c1-4-5-7-23-15-16(21-18(23)28-14-10-13(2)11-20-12-14)22(3)19(27)24(17(15)26)8-6-9-25;1-10-6-11(9-17-8-10)24-13-7-12-14(18-13)19(2)16(23)20(15(12)22)4-3-5-21;1-2-3-4-5/h10-12,25H,4-9H2,1-3H3;6,8-9,21H,3-5,7H2,1-2H3;2-4H2,1H3. The molecule has 1 aliphatic rings. The first-order chi connectivity index (χ1) is 27.4. The van der Waals surface area contributed by atoms with E-state index in [9.17, 15) is 19.2 Å². The maximum Gasteiger partial charge on any atom is 0.332 e. The van der Waals surface area contributed by atoms with Crippen LogP contribution < -0.4 is 32.0 Å². The number of aryl methyl sites for hydroxylation is 4. The van der Waals surface area contributed by atoms with Crippen LogP contribution in [0.3, 0.4) is 0 Å². The minimum absolute atomic E-state index is 0.0854. The predicted octanol–water partition coefficient (Wildman–Crippen LogP) is 4.05. The summed E-state index contributed by atoms with van der Waals surface area (Å²) in [5.74, 6) is 1.72. The Morgan fingerprint density at radius 1 is 0.719 bits per heavy atom. The van der Waals surface area contributed by atoms with Crippen LogP contribution in [0, 0.1) is 13.8 Å². The molecule has 0 aromatic carbocycles. The van der Waals surface area contributed by atoms with Gasteiger partial charge in [0.1, 0.15) is 17.3 Å². The van der Waals surface area contributed by atoms with E-state index < -0.39 is 16.9 Å². The smallest absolute Gasteiger partial charge is 0.332 e. The molecule has 0 atom stereocenters. The minimum Gasteiger partial charge on any atom is -0.441 e. The van der Waals surface area contributed by atoms with Gasteiger partial charge in [-0.05, 0) is 62.8 Å². The van der Waals surface area contributed by atoms with Gasteiger partial charge in [0.05, 0.1) is 24.4 Å². The molecule has 0 saturated heterocycles. The summed E-state index contributed by atoms with van der Waals surface area (Å²) in [5.41, 5.74) is 1.19. The van der Waals surface area contributed by atoms with Gasteiger partial charge in [-0.1, -0.05) is 42.6 Å². The van der Waals surface area contributed by atoms with Crippen LogP contribution in [0.1, 0.15) is 69.1 Å². The third kappa shape index (κ3) is 11.0. The molecule has 5 aromatic rings. The second-order valence-electron chi connectivity index (χ2n) is 13.4. The van der Waals surface area contributed by atoms with E-state index in [4.69, 9.17) is 19.7 Å². The summed E-state index contributed by atoms with van der Waals surface area (Å²) in [6.07, 6.45) is 11.8. The van der Waals surface area contributed by atoms with E-state index in [0.29, 0.717) is 53.7 Å². The number of unbranched alkanes of at least 4 members (excludes halogenated alkanes) is 2. The number of aliphatic hydroxyl groups is 2. The molecule has 0 aliphatic carbocycles. The van der Waals surface area contributed by atoms with Gasteiger partial charge in [0.25, 0.3) is 11.1 Å². The Bertz CT molecular complexity index is 2410. The highest BCUT2D eigenvalue weighted by molar-refractivity contribution is 9.09. The first-order valence-corrected chi connectivity index (χ1v) is 20.1. The number of hydrogen-bond donors (Lipinski definition) is 2. The van der Waals surface area contributed by atoms with Gasteiger partial charge in [0.2, 0.25) is 5.90 Å². The molecule has 0 amide bonds. The third-order valence-electron chi connectivity index (χ3n) is 8.81. The molecule has 5 aromatic heterocycles. The Morgan fingerprint density at radius 3 is 1.79 bits per heavy atom. The third-order valence-corrected chi connectivity index (χ3v) is 9.37. The zero-order chi connectivity index (χ0) is 41.6. The van der Waals surface area contributed by atoms with Crippen LogP contribution >= 0.6 is 15.9 Å². The molecule has 0 bridgehead atoms. The Hall–Kier alpha value is -5.20. The van der Waals surface area contributed by atoms with Gasteiger partial charge in [-0.25, -0.2) is 9.59 Å². The highest BCUT2D eigenvalue weighted by Gasteiger charge is 2.26. The summed E-state index contributed by atoms with van der Waals surface area (Å²) in [7, 11) is 3.14. The average molecular weight is 855 g/mol. The molecule has 18 heteroatoms. The summed E-state index contributed by atoms with van der Waals surface area (Å²) >= 11 is 3.31. The summed E-state index contributed by atoms with van der Waals surface area (Å²) in [5, 5.41) is 19.2. The quantitative estimate of drug-likeness (QED) is 0.153. The van der Waals surface area contributed by atoms with Crippen LogP contribution in [0.4, 0.5) is 5.82 Å². The second kappa shape index (κ2) is 21.4. The molecule has 1 aliphatic heterocycles. The van der Waals surface area contributed by atoms with Crippen LogP contribution in [0.2, 0.25) is 0 Å². The van der Waals surface area contributed by atoms with E-state index in [1.54, 1.807) is 43.4 Å². The Morgan fingerprint density at radius 2 is 1.26 bits per heavy atom. The van der Waals surface area contributed by atoms with E-state index in [1.165, 1.54) is 22.0 Å². The van der Waals surface area contributed by atoms with Gasteiger partial charge in [-0.15, -0.1) is 0 Å². The molecular weight excluding hydrogens is 802 g/mol. The van der Waals surface area contributed by atoms with Crippen molar-refractivity contribution in [3.05, 3.63) is 95.3 Å². The maximum absolute atomic E-state index is 13.1. The zero-order valence-electron chi connectivity index (χ0n) is 33.4. The fraction of sp³-hybridized carbons (Fsp3) is 0.487. The normalized spacial score (nSPS) is 11.7. The topological polar surface area (TPSA) is 203 Å². The highest BCUT2D eigenvalue weighted by Crippen LogP contribution is 2.25. The van der Waals surface area contributed by atoms with Gasteiger partial charge in [-0.2, -0.15) is 9.98 Å². The van der Waals surface area contributed by atoms with Gasteiger partial charge >= 0.3 is 17.4 Å². The van der Waals surface area contributed by atoms with Crippen molar-refractivity contribution < 1.29 is 19.7 Å². The number of halogens is 1. The number of imidazole rings is 1. The number of alkyl halides is 1. The molecule has 57 heavy (non-hydrogen) atoms. The minimum atomic E-state index is -0.463. The maximum atomic E-state index is 13.1. The van der Waals surface area contributed by atoms with Crippen LogP contribution in [0.15, 0.2) is 61.1 Å². The number of rotatable bonds is 14. The number of pyridine rings is 2.